The number of piperidine rings is 1. The quantitative estimate of drug-likeness (QED) is 0.378. The molecule has 1 aromatic heterocycles. The molecule has 1 saturated heterocycles. The highest BCUT2D eigenvalue weighted by atomic mass is 16.2. The van der Waals surface area contributed by atoms with E-state index in [2.05, 4.69) is 28.6 Å². The maximum Gasteiger partial charge on any atom is 0.329 e. The van der Waals surface area contributed by atoms with Crippen molar-refractivity contribution < 1.29 is 9.59 Å². The van der Waals surface area contributed by atoms with E-state index in [1.807, 2.05) is 12.1 Å². The van der Waals surface area contributed by atoms with Crippen molar-refractivity contribution in [2.45, 2.75) is 89.3 Å². The number of imidazole rings is 1. The molecule has 2 heterocycles. The van der Waals surface area contributed by atoms with E-state index in [1.54, 1.807) is 16.2 Å². The van der Waals surface area contributed by atoms with Gasteiger partial charge < -0.3 is 10.2 Å². The zero-order chi connectivity index (χ0) is 24.8. The van der Waals surface area contributed by atoms with Crippen molar-refractivity contribution in [3.8, 4) is 0 Å². The third-order valence-corrected chi connectivity index (χ3v) is 7.65. The topological polar surface area (TPSA) is 88.4 Å². The lowest BCUT2D eigenvalue weighted by Crippen LogP contribution is -2.44. The molecule has 1 atom stereocenters. The molecule has 8 heteroatoms. The fourth-order valence-corrected chi connectivity index (χ4v) is 5.72. The summed E-state index contributed by atoms with van der Waals surface area (Å²) in [4.78, 5) is 39.4. The predicted molar refractivity (Wildman–Crippen MR) is 138 cm³/mol. The molecule has 2 fully saturated rings. The van der Waals surface area contributed by atoms with E-state index in [0.717, 1.165) is 48.7 Å². The summed E-state index contributed by atoms with van der Waals surface area (Å²) in [7, 11) is 3.89. The number of hydrogen-bond donors (Lipinski definition) is 2. The number of benzene rings is 1. The van der Waals surface area contributed by atoms with E-state index in [-0.39, 0.29) is 18.0 Å². The number of carbonyl (C=O) groups is 2. The molecule has 1 unspecified atom stereocenters. The van der Waals surface area contributed by atoms with Crippen LogP contribution in [-0.4, -0.2) is 52.0 Å². The van der Waals surface area contributed by atoms with Crippen molar-refractivity contribution in [1.29, 1.82) is 0 Å². The Morgan fingerprint density at radius 3 is 2.57 bits per heavy atom. The number of carbonyl (C=O) groups excluding carboxylic acids is 2. The van der Waals surface area contributed by atoms with Gasteiger partial charge in [-0.05, 0) is 63.9 Å². The number of fused-ring (bicyclic) bond motifs is 1. The average molecular weight is 484 g/mol. The molecule has 2 aromatic rings. The lowest BCUT2D eigenvalue weighted by Gasteiger charge is -2.22. The van der Waals surface area contributed by atoms with E-state index in [1.165, 1.54) is 51.4 Å². The van der Waals surface area contributed by atoms with Gasteiger partial charge in [-0.25, -0.2) is 4.79 Å². The van der Waals surface area contributed by atoms with Gasteiger partial charge in [-0.2, -0.15) is 0 Å². The maximum atomic E-state index is 13.1. The third-order valence-electron chi connectivity index (χ3n) is 7.65. The molecular formula is C27H41N5O3. The summed E-state index contributed by atoms with van der Waals surface area (Å²) in [6.45, 7) is 2.89. The van der Waals surface area contributed by atoms with Gasteiger partial charge in [0.2, 0.25) is 11.8 Å². The highest BCUT2D eigenvalue weighted by molar-refractivity contribution is 6.00. The monoisotopic (exact) mass is 483 g/mol. The van der Waals surface area contributed by atoms with Gasteiger partial charge in [0, 0.05) is 26.1 Å². The Morgan fingerprint density at radius 1 is 1.03 bits per heavy atom. The highest BCUT2D eigenvalue weighted by Crippen LogP contribution is 2.25. The zero-order valence-electron chi connectivity index (χ0n) is 21.4. The van der Waals surface area contributed by atoms with E-state index in [0.29, 0.717) is 6.42 Å². The molecule has 0 spiro atoms. The summed E-state index contributed by atoms with van der Waals surface area (Å²) in [5, 5.41) is 6.10. The van der Waals surface area contributed by atoms with Crippen molar-refractivity contribution in [2.75, 3.05) is 20.1 Å². The van der Waals surface area contributed by atoms with Gasteiger partial charge in [-0.3, -0.25) is 24.0 Å². The number of rotatable bonds is 11. The molecule has 8 nitrogen and oxygen atoms in total. The number of aryl methyl sites for hydroxylation is 1. The van der Waals surface area contributed by atoms with E-state index < -0.39 is 11.9 Å². The van der Waals surface area contributed by atoms with Crippen LogP contribution in [0, 0.1) is 0 Å². The second kappa shape index (κ2) is 12.0. The Bertz CT molecular complexity index is 1080. The van der Waals surface area contributed by atoms with Crippen LogP contribution in [0.4, 0.5) is 0 Å². The maximum absolute atomic E-state index is 13.1. The van der Waals surface area contributed by atoms with Gasteiger partial charge in [0.05, 0.1) is 11.0 Å². The largest absolute Gasteiger partial charge is 0.329 e. The minimum Gasteiger partial charge on any atom is -0.314 e. The van der Waals surface area contributed by atoms with Crippen LogP contribution in [0.25, 0.3) is 11.0 Å². The van der Waals surface area contributed by atoms with Gasteiger partial charge in [0.25, 0.3) is 0 Å². The van der Waals surface area contributed by atoms with Gasteiger partial charge in [0.15, 0.2) is 0 Å². The second-order valence-electron chi connectivity index (χ2n) is 10.4. The molecule has 192 valence electrons. The smallest absolute Gasteiger partial charge is 0.314 e. The first-order valence-corrected chi connectivity index (χ1v) is 13.4. The van der Waals surface area contributed by atoms with Crippen LogP contribution in [0.15, 0.2) is 23.0 Å². The molecule has 0 bridgehead atoms. The first-order chi connectivity index (χ1) is 17.0. The number of nitrogens with one attached hydrogen (secondary N) is 2. The number of nitrogens with zero attached hydrogens (tertiary/aromatic N) is 3. The first-order valence-electron chi connectivity index (χ1n) is 13.4. The Balaban J connectivity index is 1.30. The molecule has 0 radical (unpaired) electrons. The van der Waals surface area contributed by atoms with Gasteiger partial charge in [0.1, 0.15) is 6.04 Å². The fourth-order valence-electron chi connectivity index (χ4n) is 5.72. The van der Waals surface area contributed by atoms with E-state index >= 15 is 0 Å². The molecule has 2 N–H and O–H groups in total. The zero-order valence-corrected chi connectivity index (χ0v) is 21.4. The van der Waals surface area contributed by atoms with Crippen molar-refractivity contribution in [3.63, 3.8) is 0 Å². The number of imide groups is 1. The molecule has 1 saturated carbocycles. The Morgan fingerprint density at radius 2 is 1.80 bits per heavy atom. The number of amides is 2. The lowest BCUT2D eigenvalue weighted by molar-refractivity contribution is -0.135. The van der Waals surface area contributed by atoms with Crippen LogP contribution < -0.4 is 16.3 Å². The summed E-state index contributed by atoms with van der Waals surface area (Å²) in [6, 6.07) is 6.00. The minimum absolute atomic E-state index is 0.216. The van der Waals surface area contributed by atoms with E-state index in [9.17, 15) is 14.4 Å². The molecular weight excluding hydrogens is 442 g/mol. The molecule has 1 aliphatic carbocycles. The van der Waals surface area contributed by atoms with E-state index in [4.69, 9.17) is 0 Å². The summed E-state index contributed by atoms with van der Waals surface area (Å²) in [5.41, 5.74) is 2.48. The Labute approximate surface area is 208 Å². The average Bonchev–Trinajstić information content (AvgIpc) is 3.10. The first kappa shape index (κ1) is 25.6. The van der Waals surface area contributed by atoms with Gasteiger partial charge in [-0.1, -0.05) is 44.2 Å². The van der Waals surface area contributed by atoms with Crippen LogP contribution >= 0.6 is 0 Å². The normalized spacial score (nSPS) is 19.6. The molecule has 1 aromatic carbocycles. The molecule has 4 rings (SSSR count). The number of unbranched alkanes of at least 4 members (excludes halogenated alkanes) is 3. The summed E-state index contributed by atoms with van der Waals surface area (Å²) >= 11 is 0. The molecule has 35 heavy (non-hydrogen) atoms. The van der Waals surface area contributed by atoms with Crippen molar-refractivity contribution in [3.05, 3.63) is 34.2 Å². The number of para-hydroxylation sites is 1. The molecule has 2 amide bonds. The SMILES string of the molecule is CN(CCCCCCNC1CCCCC1)Cc1cccc2c1n(C)c(=O)n2C1CCC(=O)NC1=O. The molecule has 1 aliphatic heterocycles. The fraction of sp³-hybridized carbons (Fsp3) is 0.667. The Hall–Kier alpha value is -2.45. The molecule has 2 aliphatic rings. The minimum atomic E-state index is -0.649. The number of hydrogen-bond acceptors (Lipinski definition) is 5. The third kappa shape index (κ3) is 6.22. The van der Waals surface area contributed by atoms with Crippen LogP contribution in [-0.2, 0) is 23.2 Å². The van der Waals surface area contributed by atoms with Gasteiger partial charge in [-0.15, -0.1) is 0 Å². The van der Waals surface area contributed by atoms with Crippen molar-refractivity contribution >= 4 is 22.8 Å². The van der Waals surface area contributed by atoms with Crippen LogP contribution in [0.1, 0.15) is 82.2 Å². The number of aromatic nitrogens is 2. The second-order valence-corrected chi connectivity index (χ2v) is 10.4. The van der Waals surface area contributed by atoms with Crippen LogP contribution in [0.3, 0.4) is 0 Å². The summed E-state index contributed by atoms with van der Waals surface area (Å²) in [6.07, 6.45) is 12.4. The highest BCUT2D eigenvalue weighted by Gasteiger charge is 2.31. The van der Waals surface area contributed by atoms with Crippen LogP contribution in [0.2, 0.25) is 0 Å². The van der Waals surface area contributed by atoms with Crippen LogP contribution in [0.5, 0.6) is 0 Å². The predicted octanol–water partition coefficient (Wildman–Crippen LogP) is 3.23. The summed E-state index contributed by atoms with van der Waals surface area (Å²) in [5.74, 6) is -0.672. The van der Waals surface area contributed by atoms with Gasteiger partial charge >= 0.3 is 5.69 Å². The Kier molecular flexibility index (Phi) is 8.78. The summed E-state index contributed by atoms with van der Waals surface area (Å²) < 4.78 is 3.20. The standard InChI is InChI=1S/C27H41N5O3/c1-30(18-9-4-3-8-17-28-21-12-6-5-7-13-21)19-20-11-10-14-22-25(20)31(2)27(35)32(22)23-15-16-24(33)29-26(23)34/h10-11,14,21,23,28H,3-9,12-13,15-19H2,1-2H3,(H,29,33,34). The lowest BCUT2D eigenvalue weighted by atomic mass is 9.95. The van der Waals surface area contributed by atoms with Crippen molar-refractivity contribution in [1.82, 2.24) is 24.7 Å². The van der Waals surface area contributed by atoms with Crippen molar-refractivity contribution in [2.24, 2.45) is 7.05 Å².